The van der Waals surface area contributed by atoms with Gasteiger partial charge in [-0.1, -0.05) is 0 Å². The molecule has 1 aliphatic rings. The van der Waals surface area contributed by atoms with E-state index in [-0.39, 0.29) is 22.4 Å². The molecule has 22 heavy (non-hydrogen) atoms. The fourth-order valence-electron chi connectivity index (χ4n) is 2.14. The van der Waals surface area contributed by atoms with Gasteiger partial charge in [0.25, 0.3) is 5.79 Å². The second-order valence-corrected chi connectivity index (χ2v) is 4.91. The van der Waals surface area contributed by atoms with E-state index in [0.29, 0.717) is 0 Å². The van der Waals surface area contributed by atoms with Crippen molar-refractivity contribution >= 4 is 11.9 Å². The van der Waals surface area contributed by atoms with Crippen LogP contribution in [0.15, 0.2) is 0 Å². The van der Waals surface area contributed by atoms with E-state index in [4.69, 9.17) is 14.9 Å². The summed E-state index contributed by atoms with van der Waals surface area (Å²) in [5.41, 5.74) is 0. The van der Waals surface area contributed by atoms with Crippen LogP contribution in [0.25, 0.3) is 0 Å². The maximum atomic E-state index is 11.1. The SMILES string of the molecule is CC(=O)N[C@@H]1[C@@H](O)CC(O)(C(=O)O)O[C@H]1C(O)C(O)CO.[Ag]. The number of rotatable bonds is 5. The summed E-state index contributed by atoms with van der Waals surface area (Å²) >= 11 is 0. The Balaban J connectivity index is 0.00000441. The van der Waals surface area contributed by atoms with Crippen molar-refractivity contribution in [1.82, 2.24) is 5.32 Å². The molecule has 10 nitrogen and oxygen atoms in total. The van der Waals surface area contributed by atoms with Gasteiger partial charge in [0.1, 0.15) is 18.3 Å². The minimum Gasteiger partial charge on any atom is -0.477 e. The molecule has 1 radical (unpaired) electrons. The zero-order valence-corrected chi connectivity index (χ0v) is 13.0. The number of aliphatic hydroxyl groups excluding tert-OH is 4. The molecule has 1 saturated heterocycles. The summed E-state index contributed by atoms with van der Waals surface area (Å²) in [5.74, 6) is -5.17. The number of nitrogens with one attached hydrogen (secondary N) is 1. The molecule has 3 unspecified atom stereocenters. The van der Waals surface area contributed by atoms with Crippen LogP contribution in [-0.2, 0) is 36.7 Å². The third-order valence-electron chi connectivity index (χ3n) is 3.21. The third-order valence-corrected chi connectivity index (χ3v) is 3.21. The van der Waals surface area contributed by atoms with Gasteiger partial charge in [-0.3, -0.25) is 4.79 Å². The van der Waals surface area contributed by atoms with Crippen molar-refractivity contribution in [3.8, 4) is 0 Å². The molecule has 7 N–H and O–H groups in total. The first-order valence-corrected chi connectivity index (χ1v) is 6.18. The Morgan fingerprint density at radius 2 is 1.95 bits per heavy atom. The molecule has 11 heteroatoms. The number of amides is 1. The molecule has 6 atom stereocenters. The van der Waals surface area contributed by atoms with Crippen LogP contribution in [-0.4, -0.2) is 85.4 Å². The smallest absolute Gasteiger partial charge is 0.364 e. The molecule has 1 heterocycles. The van der Waals surface area contributed by atoms with Crippen LogP contribution in [0, 0.1) is 0 Å². The number of ether oxygens (including phenoxy) is 1. The first kappa shape index (κ1) is 21.4. The van der Waals surface area contributed by atoms with E-state index in [0.717, 1.165) is 6.92 Å². The van der Waals surface area contributed by atoms with Crippen LogP contribution in [0.4, 0.5) is 0 Å². The summed E-state index contributed by atoms with van der Waals surface area (Å²) in [5, 5.41) is 59.0. The zero-order valence-electron chi connectivity index (χ0n) is 11.5. The monoisotopic (exact) mass is 416 g/mol. The number of carbonyl (C=O) groups excluding carboxylic acids is 1. The van der Waals surface area contributed by atoms with Gasteiger partial charge in [0.15, 0.2) is 0 Å². The van der Waals surface area contributed by atoms with Gasteiger partial charge < -0.3 is 40.7 Å². The van der Waals surface area contributed by atoms with E-state index < -0.39 is 61.1 Å². The quantitative estimate of drug-likeness (QED) is 0.221. The summed E-state index contributed by atoms with van der Waals surface area (Å²) in [6.07, 6.45) is -7.48. The summed E-state index contributed by atoms with van der Waals surface area (Å²) in [6, 6.07) is -1.27. The molecule has 0 aromatic heterocycles. The van der Waals surface area contributed by atoms with E-state index in [1.807, 2.05) is 0 Å². The van der Waals surface area contributed by atoms with Gasteiger partial charge in [0.05, 0.1) is 18.8 Å². The Labute approximate surface area is 141 Å². The first-order valence-electron chi connectivity index (χ1n) is 6.18. The maximum Gasteiger partial charge on any atom is 0.364 e. The molecule has 0 aromatic carbocycles. The molecule has 1 rings (SSSR count). The van der Waals surface area contributed by atoms with Crippen molar-refractivity contribution in [2.75, 3.05) is 6.61 Å². The Bertz CT molecular complexity index is 409. The predicted octanol–water partition coefficient (Wildman–Crippen LogP) is -3.87. The summed E-state index contributed by atoms with van der Waals surface area (Å²) < 4.78 is 4.86. The van der Waals surface area contributed by atoms with E-state index in [1.54, 1.807) is 0 Å². The van der Waals surface area contributed by atoms with Crippen molar-refractivity contribution in [3.05, 3.63) is 0 Å². The van der Waals surface area contributed by atoms with Gasteiger partial charge in [-0.25, -0.2) is 4.79 Å². The van der Waals surface area contributed by atoms with Crippen LogP contribution < -0.4 is 5.32 Å². The molecule has 0 bridgehead atoms. The van der Waals surface area contributed by atoms with Crippen LogP contribution in [0.5, 0.6) is 0 Å². The van der Waals surface area contributed by atoms with E-state index >= 15 is 0 Å². The number of hydrogen-bond acceptors (Lipinski definition) is 8. The first-order chi connectivity index (χ1) is 9.62. The van der Waals surface area contributed by atoms with Crippen molar-refractivity contribution in [2.24, 2.45) is 0 Å². The molecule has 1 amide bonds. The van der Waals surface area contributed by atoms with Gasteiger partial charge in [0.2, 0.25) is 5.91 Å². The predicted molar refractivity (Wildman–Crippen MR) is 64.8 cm³/mol. The van der Waals surface area contributed by atoms with Gasteiger partial charge in [-0.2, -0.15) is 0 Å². The van der Waals surface area contributed by atoms with Gasteiger partial charge >= 0.3 is 5.97 Å². The average molecular weight is 417 g/mol. The largest absolute Gasteiger partial charge is 0.477 e. The van der Waals surface area contributed by atoms with Crippen LogP contribution in [0.3, 0.4) is 0 Å². The Kier molecular flexibility index (Phi) is 8.12. The van der Waals surface area contributed by atoms with Crippen LogP contribution in [0.2, 0.25) is 0 Å². The van der Waals surface area contributed by atoms with Crippen molar-refractivity contribution in [3.63, 3.8) is 0 Å². The number of carbonyl (C=O) groups is 2. The second kappa shape index (κ2) is 8.34. The summed E-state index contributed by atoms with van der Waals surface area (Å²) in [6.45, 7) is 0.256. The second-order valence-electron chi connectivity index (χ2n) is 4.91. The summed E-state index contributed by atoms with van der Waals surface area (Å²) in [4.78, 5) is 22.1. The van der Waals surface area contributed by atoms with Crippen LogP contribution >= 0.6 is 0 Å². The Morgan fingerprint density at radius 3 is 2.36 bits per heavy atom. The zero-order chi connectivity index (χ0) is 16.4. The van der Waals surface area contributed by atoms with Crippen molar-refractivity contribution in [2.45, 2.75) is 49.6 Å². The third kappa shape index (κ3) is 4.72. The number of carboxylic acid groups (broad SMARTS) is 1. The molecule has 0 aliphatic carbocycles. The molecular weight excluding hydrogens is 398 g/mol. The minimum absolute atomic E-state index is 0. The average Bonchev–Trinajstić information content (AvgIpc) is 2.39. The minimum atomic E-state index is -2.78. The van der Waals surface area contributed by atoms with E-state index in [1.165, 1.54) is 0 Å². The fraction of sp³-hybridized carbons (Fsp3) is 0.818. The Morgan fingerprint density at radius 1 is 1.41 bits per heavy atom. The van der Waals surface area contributed by atoms with Crippen molar-refractivity contribution in [1.29, 1.82) is 0 Å². The molecular formula is C11H19AgNO9. The summed E-state index contributed by atoms with van der Waals surface area (Å²) in [7, 11) is 0. The maximum absolute atomic E-state index is 11.1. The molecule has 0 saturated carbocycles. The normalized spacial score (nSPS) is 34.2. The molecule has 0 spiro atoms. The van der Waals surface area contributed by atoms with Gasteiger partial charge in [0, 0.05) is 35.7 Å². The molecule has 133 valence electrons. The molecule has 1 fully saturated rings. The van der Waals surface area contributed by atoms with Gasteiger partial charge in [-0.05, 0) is 0 Å². The fourth-order valence-corrected chi connectivity index (χ4v) is 2.14. The molecule has 0 aromatic rings. The Hall–Kier alpha value is -0.560. The number of hydrogen-bond donors (Lipinski definition) is 7. The van der Waals surface area contributed by atoms with Crippen LogP contribution in [0.1, 0.15) is 13.3 Å². The number of carboxylic acids is 1. The number of aliphatic hydroxyl groups is 5. The standard InChI is InChI=1S/C11H19NO9.Ag/c1-4(14)12-7-5(15)2-11(20,10(18)19)21-9(7)8(17)6(16)3-13;/h5-9,13,15-17,20H,2-3H2,1H3,(H,12,14)(H,18,19);/t5-,6?,7+,8?,9+,11?;/m0./s1. The topological polar surface area (TPSA) is 177 Å². The molecule has 1 aliphatic heterocycles. The number of aliphatic carboxylic acids is 1. The van der Waals surface area contributed by atoms with E-state index in [9.17, 15) is 30.0 Å². The van der Waals surface area contributed by atoms with Gasteiger partial charge in [-0.15, -0.1) is 0 Å². The van der Waals surface area contributed by atoms with E-state index in [2.05, 4.69) is 5.32 Å². The van der Waals surface area contributed by atoms with Crippen molar-refractivity contribution < 1.29 is 67.3 Å².